The second-order valence-corrected chi connectivity index (χ2v) is 6.97. The smallest absolute Gasteiger partial charge is 0.255 e. The molecule has 1 saturated heterocycles. The highest BCUT2D eigenvalue weighted by atomic mass is 35.5. The Morgan fingerprint density at radius 3 is 2.63 bits per heavy atom. The second kappa shape index (κ2) is 7.01. The zero-order valence-electron chi connectivity index (χ0n) is 14.4. The van der Waals surface area contributed by atoms with Crippen LogP contribution in [0.4, 0.5) is 4.39 Å². The Morgan fingerprint density at radius 2 is 1.96 bits per heavy atom. The van der Waals surface area contributed by atoms with Gasteiger partial charge in [0.2, 0.25) is 0 Å². The van der Waals surface area contributed by atoms with Gasteiger partial charge in [0.1, 0.15) is 11.8 Å². The molecule has 5 nitrogen and oxygen atoms in total. The summed E-state index contributed by atoms with van der Waals surface area (Å²) in [6.07, 6.45) is 3.19. The number of carbonyl (C=O) groups excluding carboxylic acids is 1. The minimum atomic E-state index is -0.828. The molecule has 0 spiro atoms. The molecule has 0 atom stereocenters. The highest BCUT2D eigenvalue weighted by Gasteiger charge is 2.24. The number of carbonyl (C=O) groups is 1. The van der Waals surface area contributed by atoms with E-state index >= 15 is 0 Å². The highest BCUT2D eigenvalue weighted by molar-refractivity contribution is 6.35. The number of nitriles is 1. The Morgan fingerprint density at radius 1 is 1.26 bits per heavy atom. The number of nitrogens with zero attached hydrogens (tertiary/aromatic N) is 4. The number of benzene rings is 1. The summed E-state index contributed by atoms with van der Waals surface area (Å²) in [6.45, 7) is 0.829. The number of piperidine rings is 1. The summed E-state index contributed by atoms with van der Waals surface area (Å²) in [4.78, 5) is 18.8. The molecule has 1 fully saturated rings. The molecular formula is C20H16ClFN4O. The lowest BCUT2D eigenvalue weighted by molar-refractivity contribution is 0.0667. The van der Waals surface area contributed by atoms with Crippen LogP contribution in [0, 0.1) is 11.3 Å². The minimum Gasteiger partial charge on any atom is -0.338 e. The SMILES string of the molecule is N#Cc1ccc(-n2cc(Cl)c3cc(C(=O)N4CCC(F)CC4)cnc32)cc1. The molecule has 27 heavy (non-hydrogen) atoms. The molecule has 1 aliphatic heterocycles. The number of fused-ring (bicyclic) bond motifs is 1. The van der Waals surface area contributed by atoms with E-state index in [1.165, 1.54) is 6.20 Å². The first kappa shape index (κ1) is 17.5. The van der Waals surface area contributed by atoms with Crippen molar-refractivity contribution in [3.8, 4) is 11.8 Å². The van der Waals surface area contributed by atoms with Crippen molar-refractivity contribution < 1.29 is 9.18 Å². The summed E-state index contributed by atoms with van der Waals surface area (Å²) >= 11 is 6.38. The van der Waals surface area contributed by atoms with E-state index in [9.17, 15) is 9.18 Å². The molecule has 1 aliphatic rings. The van der Waals surface area contributed by atoms with Gasteiger partial charge in [0, 0.05) is 36.6 Å². The van der Waals surface area contributed by atoms with Gasteiger partial charge in [-0.2, -0.15) is 5.26 Å². The topological polar surface area (TPSA) is 61.9 Å². The minimum absolute atomic E-state index is 0.154. The van der Waals surface area contributed by atoms with Crippen LogP contribution in [0.2, 0.25) is 5.02 Å². The molecule has 0 radical (unpaired) electrons. The van der Waals surface area contributed by atoms with Crippen molar-refractivity contribution >= 4 is 28.5 Å². The lowest BCUT2D eigenvalue weighted by Gasteiger charge is -2.28. The normalized spacial score (nSPS) is 15.1. The van der Waals surface area contributed by atoms with Gasteiger partial charge in [0.25, 0.3) is 5.91 Å². The predicted octanol–water partition coefficient (Wildman–Crippen LogP) is 4.12. The fourth-order valence-electron chi connectivity index (χ4n) is 3.31. The van der Waals surface area contributed by atoms with E-state index in [-0.39, 0.29) is 5.91 Å². The number of alkyl halides is 1. The predicted molar refractivity (Wildman–Crippen MR) is 101 cm³/mol. The maximum absolute atomic E-state index is 13.3. The highest BCUT2D eigenvalue weighted by Crippen LogP contribution is 2.28. The van der Waals surface area contributed by atoms with Gasteiger partial charge in [-0.05, 0) is 43.2 Å². The van der Waals surface area contributed by atoms with Crippen LogP contribution in [0.5, 0.6) is 0 Å². The number of hydrogen-bond donors (Lipinski definition) is 0. The molecule has 0 N–H and O–H groups in total. The van der Waals surface area contributed by atoms with E-state index in [2.05, 4.69) is 11.1 Å². The van der Waals surface area contributed by atoms with Gasteiger partial charge in [-0.3, -0.25) is 9.36 Å². The maximum Gasteiger partial charge on any atom is 0.255 e. The van der Waals surface area contributed by atoms with Crippen molar-refractivity contribution in [2.45, 2.75) is 19.0 Å². The van der Waals surface area contributed by atoms with Gasteiger partial charge < -0.3 is 4.90 Å². The molecule has 3 aromatic rings. The third-order valence-electron chi connectivity index (χ3n) is 4.83. The van der Waals surface area contributed by atoms with E-state index in [0.717, 1.165) is 5.69 Å². The van der Waals surface area contributed by atoms with Crippen LogP contribution in [-0.2, 0) is 0 Å². The molecule has 3 heterocycles. The molecule has 4 rings (SSSR count). The standard InChI is InChI=1S/C20H16ClFN4O/c21-18-12-26(16-3-1-13(10-23)2-4-16)19-17(18)9-14(11-24-19)20(27)25-7-5-15(22)6-8-25/h1-4,9,11-12,15H,5-8H2. The molecule has 0 bridgehead atoms. The quantitative estimate of drug-likeness (QED) is 0.669. The maximum atomic E-state index is 13.3. The average Bonchev–Trinajstić information content (AvgIpc) is 3.04. The summed E-state index contributed by atoms with van der Waals surface area (Å²) in [7, 11) is 0. The monoisotopic (exact) mass is 382 g/mol. The molecule has 136 valence electrons. The lowest BCUT2D eigenvalue weighted by Crippen LogP contribution is -2.39. The third kappa shape index (κ3) is 3.26. The van der Waals surface area contributed by atoms with Crippen molar-refractivity contribution in [1.82, 2.24) is 14.5 Å². The van der Waals surface area contributed by atoms with E-state index in [1.54, 1.807) is 29.3 Å². The number of rotatable bonds is 2. The molecule has 0 unspecified atom stereocenters. The third-order valence-corrected chi connectivity index (χ3v) is 5.13. The second-order valence-electron chi connectivity index (χ2n) is 6.57. The van der Waals surface area contributed by atoms with Crippen molar-refractivity contribution in [2.24, 2.45) is 0 Å². The summed E-state index contributed by atoms with van der Waals surface area (Å²) in [5.41, 5.74) is 2.46. The van der Waals surface area contributed by atoms with Gasteiger partial charge in [-0.15, -0.1) is 0 Å². The number of aromatic nitrogens is 2. The van der Waals surface area contributed by atoms with E-state index in [0.29, 0.717) is 53.1 Å². The molecule has 0 aliphatic carbocycles. The fraction of sp³-hybridized carbons (Fsp3) is 0.250. The summed E-state index contributed by atoms with van der Waals surface area (Å²) in [5.74, 6) is -0.154. The van der Waals surface area contributed by atoms with Crippen molar-refractivity contribution in [3.63, 3.8) is 0 Å². The summed E-state index contributed by atoms with van der Waals surface area (Å²) in [6, 6.07) is 10.9. The van der Waals surface area contributed by atoms with Crippen molar-refractivity contribution in [3.05, 3.63) is 58.9 Å². The number of amides is 1. The first-order valence-corrected chi connectivity index (χ1v) is 9.05. The van der Waals surface area contributed by atoms with Crippen LogP contribution in [0.3, 0.4) is 0 Å². The van der Waals surface area contributed by atoms with E-state index in [4.69, 9.17) is 16.9 Å². The zero-order valence-corrected chi connectivity index (χ0v) is 15.2. The molecule has 1 amide bonds. The van der Waals surface area contributed by atoms with E-state index < -0.39 is 6.17 Å². The van der Waals surface area contributed by atoms with Crippen LogP contribution in [0.1, 0.15) is 28.8 Å². The lowest BCUT2D eigenvalue weighted by atomic mass is 10.1. The van der Waals surface area contributed by atoms with Gasteiger partial charge in [-0.25, -0.2) is 9.37 Å². The molecule has 0 saturated carbocycles. The largest absolute Gasteiger partial charge is 0.338 e. The van der Waals surface area contributed by atoms with Crippen LogP contribution in [-0.4, -0.2) is 39.6 Å². The van der Waals surface area contributed by atoms with Crippen LogP contribution in [0.25, 0.3) is 16.7 Å². The van der Waals surface area contributed by atoms with Gasteiger partial charge in [0.05, 0.1) is 22.2 Å². The Hall–Kier alpha value is -2.91. The Balaban J connectivity index is 1.68. The average molecular weight is 383 g/mol. The summed E-state index contributed by atoms with van der Waals surface area (Å²) in [5, 5.41) is 10.1. The first-order valence-electron chi connectivity index (χ1n) is 8.67. The van der Waals surface area contributed by atoms with Gasteiger partial charge in [-0.1, -0.05) is 11.6 Å². The summed E-state index contributed by atoms with van der Waals surface area (Å²) < 4.78 is 15.1. The van der Waals surface area contributed by atoms with E-state index in [1.807, 2.05) is 16.7 Å². The van der Waals surface area contributed by atoms with Crippen molar-refractivity contribution in [1.29, 1.82) is 5.26 Å². The molecule has 2 aromatic heterocycles. The van der Waals surface area contributed by atoms with Crippen LogP contribution >= 0.6 is 11.6 Å². The van der Waals surface area contributed by atoms with Crippen LogP contribution < -0.4 is 0 Å². The number of hydrogen-bond acceptors (Lipinski definition) is 3. The van der Waals surface area contributed by atoms with Gasteiger partial charge >= 0.3 is 0 Å². The van der Waals surface area contributed by atoms with Crippen molar-refractivity contribution in [2.75, 3.05) is 13.1 Å². The number of likely N-dealkylation sites (tertiary alicyclic amines) is 1. The zero-order chi connectivity index (χ0) is 19.0. The fourth-order valence-corrected chi connectivity index (χ4v) is 3.55. The van der Waals surface area contributed by atoms with Crippen LogP contribution in [0.15, 0.2) is 42.7 Å². The Kier molecular flexibility index (Phi) is 4.54. The molecule has 1 aromatic carbocycles. The first-order chi connectivity index (χ1) is 13.1. The number of pyridine rings is 1. The molecule has 7 heteroatoms. The Labute approximate surface area is 160 Å². The molecular weight excluding hydrogens is 367 g/mol. The van der Waals surface area contributed by atoms with Gasteiger partial charge in [0.15, 0.2) is 0 Å². The number of halogens is 2. The Bertz CT molecular complexity index is 1050.